The summed E-state index contributed by atoms with van der Waals surface area (Å²) in [5.74, 6) is 5.66. The normalized spacial score (nSPS) is 46.3. The van der Waals surface area contributed by atoms with Gasteiger partial charge in [0.2, 0.25) is 0 Å². The molecule has 8 atom stereocenters. The number of fused-ring (bicyclic) bond motifs is 5. The molecule has 1 heteroatoms. The van der Waals surface area contributed by atoms with E-state index in [1.165, 1.54) is 70.6 Å². The van der Waals surface area contributed by atoms with Gasteiger partial charge in [0.15, 0.2) is 0 Å². The largest absolute Gasteiger partial charge is 0.393 e. The van der Waals surface area contributed by atoms with Gasteiger partial charge >= 0.3 is 0 Å². The van der Waals surface area contributed by atoms with Crippen LogP contribution in [0.3, 0.4) is 0 Å². The zero-order valence-electron chi connectivity index (χ0n) is 20.7. The lowest BCUT2D eigenvalue weighted by Gasteiger charge is -2.61. The van der Waals surface area contributed by atoms with Gasteiger partial charge in [0.1, 0.15) is 0 Å². The summed E-state index contributed by atoms with van der Waals surface area (Å²) in [6, 6.07) is 0. The first-order chi connectivity index (χ1) is 13.8. The second kappa shape index (κ2) is 9.62. The summed E-state index contributed by atoms with van der Waals surface area (Å²) in [5, 5.41) is 10.2. The molecular formula is C28H52O. The first kappa shape index (κ1) is 23.6. The molecule has 0 heterocycles. The molecule has 0 bridgehead atoms. The van der Waals surface area contributed by atoms with Crippen molar-refractivity contribution in [1.82, 2.24) is 0 Å². The summed E-state index contributed by atoms with van der Waals surface area (Å²) >= 11 is 0. The lowest BCUT2D eigenvalue weighted by Crippen LogP contribution is -2.53. The highest BCUT2D eigenvalue weighted by Gasteiger charge is 2.59. The molecule has 4 aliphatic rings. The van der Waals surface area contributed by atoms with Gasteiger partial charge in [0, 0.05) is 0 Å². The number of aliphatic hydroxyl groups is 1. The van der Waals surface area contributed by atoms with E-state index >= 15 is 0 Å². The standard InChI is InChI=1S/C26H46O.C2H6/c1-18(2)7-5-6-8-19-10-12-23-22-11-9-20-17-21(27)13-15-26(20,4)24(22)14-16-25(19,23)3;1-2/h18-24,27H,5-17H2,1-4H3;1-2H3/t19-,20-,21-,22-,23-,24-,25+,26-;/m0./s1. The van der Waals surface area contributed by atoms with E-state index in [9.17, 15) is 5.11 Å². The molecule has 0 aromatic heterocycles. The zero-order chi connectivity index (χ0) is 21.2. The molecule has 4 rings (SSSR count). The van der Waals surface area contributed by atoms with Crippen LogP contribution in [0.25, 0.3) is 0 Å². The van der Waals surface area contributed by atoms with Crippen LogP contribution < -0.4 is 0 Å². The molecule has 0 unspecified atom stereocenters. The third kappa shape index (κ3) is 4.47. The summed E-state index contributed by atoms with van der Waals surface area (Å²) < 4.78 is 0. The number of hydrogen-bond acceptors (Lipinski definition) is 1. The van der Waals surface area contributed by atoms with Gasteiger partial charge in [-0.25, -0.2) is 0 Å². The van der Waals surface area contributed by atoms with Crippen LogP contribution in [-0.4, -0.2) is 11.2 Å². The van der Waals surface area contributed by atoms with Crippen molar-refractivity contribution in [3.8, 4) is 0 Å². The Labute approximate surface area is 182 Å². The minimum atomic E-state index is -0.00446. The Kier molecular flexibility index (Phi) is 7.84. The molecule has 0 radical (unpaired) electrons. The van der Waals surface area contributed by atoms with Crippen LogP contribution in [-0.2, 0) is 0 Å². The van der Waals surface area contributed by atoms with E-state index in [4.69, 9.17) is 0 Å². The van der Waals surface area contributed by atoms with Crippen LogP contribution in [0.2, 0.25) is 0 Å². The molecule has 170 valence electrons. The Hall–Kier alpha value is -0.0400. The molecule has 4 fully saturated rings. The summed E-state index contributed by atoms with van der Waals surface area (Å²) in [4.78, 5) is 0. The summed E-state index contributed by atoms with van der Waals surface area (Å²) in [5.41, 5.74) is 1.19. The Balaban J connectivity index is 0.00000117. The lowest BCUT2D eigenvalue weighted by atomic mass is 9.44. The van der Waals surface area contributed by atoms with Crippen LogP contribution >= 0.6 is 0 Å². The predicted molar refractivity (Wildman–Crippen MR) is 126 cm³/mol. The fraction of sp³-hybridized carbons (Fsp3) is 1.00. The van der Waals surface area contributed by atoms with E-state index in [1.54, 1.807) is 0 Å². The lowest BCUT2D eigenvalue weighted by molar-refractivity contribution is -0.127. The molecule has 4 aliphatic carbocycles. The molecule has 1 N–H and O–H groups in total. The predicted octanol–water partition coefficient (Wildman–Crippen LogP) is 8.25. The topological polar surface area (TPSA) is 20.2 Å². The molecule has 0 amide bonds. The fourth-order valence-electron chi connectivity index (χ4n) is 8.76. The number of unbranched alkanes of at least 4 members (excludes halogenated alkanes) is 1. The highest BCUT2D eigenvalue weighted by atomic mass is 16.3. The molecule has 0 spiro atoms. The second-order valence-electron chi connectivity index (χ2n) is 12.1. The SMILES string of the molecule is CC.CC(C)CCCC[C@H]1CC[C@H]2[C@@H]3CC[C@H]4C[C@@H](O)CC[C@]4(C)[C@H]3CC[C@]12C. The van der Waals surface area contributed by atoms with E-state index in [2.05, 4.69) is 27.7 Å². The van der Waals surface area contributed by atoms with E-state index in [-0.39, 0.29) is 6.10 Å². The maximum Gasteiger partial charge on any atom is 0.0543 e. The van der Waals surface area contributed by atoms with Gasteiger partial charge in [-0.2, -0.15) is 0 Å². The van der Waals surface area contributed by atoms with E-state index < -0.39 is 0 Å². The van der Waals surface area contributed by atoms with Crippen molar-refractivity contribution in [3.63, 3.8) is 0 Å². The molecule has 0 aliphatic heterocycles. The van der Waals surface area contributed by atoms with Crippen LogP contribution in [0.1, 0.15) is 125 Å². The third-order valence-electron chi connectivity index (χ3n) is 10.4. The maximum atomic E-state index is 10.2. The van der Waals surface area contributed by atoms with Gasteiger partial charge in [-0.1, -0.05) is 60.8 Å². The third-order valence-corrected chi connectivity index (χ3v) is 10.4. The first-order valence-corrected chi connectivity index (χ1v) is 13.5. The second-order valence-corrected chi connectivity index (χ2v) is 12.1. The number of rotatable bonds is 5. The maximum absolute atomic E-state index is 10.2. The Bertz CT molecular complexity index is 512. The molecule has 1 nitrogen and oxygen atoms in total. The molecule has 0 aromatic rings. The van der Waals surface area contributed by atoms with Crippen molar-refractivity contribution in [3.05, 3.63) is 0 Å². The molecule has 0 saturated heterocycles. The van der Waals surface area contributed by atoms with E-state index in [0.717, 1.165) is 48.3 Å². The van der Waals surface area contributed by atoms with Crippen molar-refractivity contribution in [2.45, 2.75) is 131 Å². The van der Waals surface area contributed by atoms with Crippen molar-refractivity contribution in [2.24, 2.45) is 46.3 Å². The minimum Gasteiger partial charge on any atom is -0.393 e. The van der Waals surface area contributed by atoms with E-state index in [0.29, 0.717) is 10.8 Å². The van der Waals surface area contributed by atoms with Crippen molar-refractivity contribution in [1.29, 1.82) is 0 Å². The quantitative estimate of drug-likeness (QED) is 0.457. The summed E-state index contributed by atoms with van der Waals surface area (Å²) in [6.07, 6.45) is 18.2. The van der Waals surface area contributed by atoms with Crippen molar-refractivity contribution in [2.75, 3.05) is 0 Å². The van der Waals surface area contributed by atoms with Gasteiger partial charge in [-0.15, -0.1) is 0 Å². The van der Waals surface area contributed by atoms with Gasteiger partial charge in [0.25, 0.3) is 0 Å². The fourth-order valence-corrected chi connectivity index (χ4v) is 8.76. The summed E-state index contributed by atoms with van der Waals surface area (Å²) in [6.45, 7) is 14.1. The van der Waals surface area contributed by atoms with Crippen LogP contribution in [0.15, 0.2) is 0 Å². The molecule has 29 heavy (non-hydrogen) atoms. The Morgan fingerprint density at radius 3 is 2.24 bits per heavy atom. The average Bonchev–Trinajstić information content (AvgIpc) is 3.03. The highest BCUT2D eigenvalue weighted by molar-refractivity contribution is 5.09. The monoisotopic (exact) mass is 404 g/mol. The first-order valence-electron chi connectivity index (χ1n) is 13.5. The molecule has 4 saturated carbocycles. The average molecular weight is 405 g/mol. The Morgan fingerprint density at radius 2 is 1.52 bits per heavy atom. The zero-order valence-corrected chi connectivity index (χ0v) is 20.7. The van der Waals surface area contributed by atoms with Crippen LogP contribution in [0, 0.1) is 46.3 Å². The minimum absolute atomic E-state index is 0.00446. The Morgan fingerprint density at radius 1 is 0.828 bits per heavy atom. The van der Waals surface area contributed by atoms with Crippen molar-refractivity contribution < 1.29 is 5.11 Å². The smallest absolute Gasteiger partial charge is 0.0543 e. The van der Waals surface area contributed by atoms with Crippen LogP contribution in [0.5, 0.6) is 0 Å². The van der Waals surface area contributed by atoms with Gasteiger partial charge in [-0.05, 0) is 111 Å². The van der Waals surface area contributed by atoms with Crippen LogP contribution in [0.4, 0.5) is 0 Å². The molecule has 0 aromatic carbocycles. The van der Waals surface area contributed by atoms with Gasteiger partial charge in [0.05, 0.1) is 6.10 Å². The molecular weight excluding hydrogens is 352 g/mol. The summed E-state index contributed by atoms with van der Waals surface area (Å²) in [7, 11) is 0. The number of aliphatic hydroxyl groups excluding tert-OH is 1. The van der Waals surface area contributed by atoms with Gasteiger partial charge < -0.3 is 5.11 Å². The van der Waals surface area contributed by atoms with E-state index in [1.807, 2.05) is 13.8 Å². The highest BCUT2D eigenvalue weighted by Crippen LogP contribution is 2.67. The van der Waals surface area contributed by atoms with Crippen molar-refractivity contribution >= 4 is 0 Å². The van der Waals surface area contributed by atoms with Gasteiger partial charge in [-0.3, -0.25) is 0 Å². The number of hydrogen-bond donors (Lipinski definition) is 1.